The molecule has 1 unspecified atom stereocenters. The third-order valence-electron chi connectivity index (χ3n) is 4.99. The Bertz CT molecular complexity index is 858. The van der Waals surface area contributed by atoms with Gasteiger partial charge in [-0.25, -0.2) is 4.68 Å². The average Bonchev–Trinajstić information content (AvgIpc) is 3.31. The van der Waals surface area contributed by atoms with Crippen molar-refractivity contribution in [2.45, 2.75) is 32.0 Å². The quantitative estimate of drug-likeness (QED) is 0.708. The van der Waals surface area contributed by atoms with Crippen LogP contribution in [0.3, 0.4) is 0 Å². The minimum Gasteiger partial charge on any atom is -0.491 e. The number of fused-ring (bicyclic) bond motifs is 1. The van der Waals surface area contributed by atoms with Gasteiger partial charge in [-0.3, -0.25) is 4.90 Å². The number of aliphatic hydroxyl groups excluding tert-OH is 1. The molecule has 1 aliphatic heterocycles. The fraction of sp³-hybridized carbons (Fsp3) is 0.400. The number of rotatable bonds is 7. The summed E-state index contributed by atoms with van der Waals surface area (Å²) >= 11 is 0. The van der Waals surface area contributed by atoms with Gasteiger partial charge in [0.2, 0.25) is 0 Å². The van der Waals surface area contributed by atoms with Gasteiger partial charge in [0.1, 0.15) is 12.4 Å². The minimum atomic E-state index is 0.215. The van der Waals surface area contributed by atoms with Crippen molar-refractivity contribution in [2.24, 2.45) is 0 Å². The molecule has 0 spiro atoms. The summed E-state index contributed by atoms with van der Waals surface area (Å²) in [6, 6.07) is 14.6. The molecule has 1 saturated heterocycles. The van der Waals surface area contributed by atoms with E-state index in [1.54, 1.807) is 0 Å². The van der Waals surface area contributed by atoms with Gasteiger partial charge in [-0.1, -0.05) is 41.6 Å². The van der Waals surface area contributed by atoms with Crippen LogP contribution < -0.4 is 4.74 Å². The first-order chi connectivity index (χ1) is 12.8. The Balaban J connectivity index is 1.33. The number of aromatic nitrogens is 3. The number of benzene rings is 2. The van der Waals surface area contributed by atoms with Gasteiger partial charge in [0, 0.05) is 24.2 Å². The molecule has 6 nitrogen and oxygen atoms in total. The van der Waals surface area contributed by atoms with Crippen LogP contribution in [0, 0.1) is 0 Å². The zero-order valence-corrected chi connectivity index (χ0v) is 14.8. The first-order valence-electron chi connectivity index (χ1n) is 9.18. The molecule has 2 heterocycles. The molecular weight excluding hydrogens is 328 g/mol. The number of ether oxygens (including phenoxy) is 1. The summed E-state index contributed by atoms with van der Waals surface area (Å²) in [5, 5.41) is 20.2. The highest BCUT2D eigenvalue weighted by Gasteiger charge is 2.24. The lowest BCUT2D eigenvalue weighted by atomic mass is 10.1. The number of likely N-dealkylation sites (tertiary alicyclic amines) is 1. The summed E-state index contributed by atoms with van der Waals surface area (Å²) in [7, 11) is 0. The summed E-state index contributed by atoms with van der Waals surface area (Å²) in [6.07, 6.45) is 4.17. The SMILES string of the molecule is OCC1CCCN1Cc1cn(CCOc2cccc3ccccc23)nn1. The summed E-state index contributed by atoms with van der Waals surface area (Å²) in [5.41, 5.74) is 0.940. The highest BCUT2D eigenvalue weighted by atomic mass is 16.5. The van der Waals surface area contributed by atoms with E-state index in [2.05, 4.69) is 33.4 Å². The van der Waals surface area contributed by atoms with Crippen LogP contribution in [0.4, 0.5) is 0 Å². The lowest BCUT2D eigenvalue weighted by Gasteiger charge is -2.20. The smallest absolute Gasteiger partial charge is 0.127 e. The van der Waals surface area contributed by atoms with Crippen molar-refractivity contribution < 1.29 is 9.84 Å². The van der Waals surface area contributed by atoms with E-state index in [9.17, 15) is 5.11 Å². The molecule has 1 aromatic heterocycles. The lowest BCUT2D eigenvalue weighted by molar-refractivity contribution is 0.152. The van der Waals surface area contributed by atoms with Crippen LogP contribution in [-0.4, -0.2) is 50.8 Å². The maximum atomic E-state index is 9.42. The van der Waals surface area contributed by atoms with E-state index in [4.69, 9.17) is 4.74 Å². The van der Waals surface area contributed by atoms with E-state index in [0.717, 1.165) is 42.8 Å². The molecule has 3 aromatic rings. The fourth-order valence-corrected chi connectivity index (χ4v) is 3.61. The van der Waals surface area contributed by atoms with Crippen molar-refractivity contribution in [3.63, 3.8) is 0 Å². The van der Waals surface area contributed by atoms with Crippen LogP contribution in [0.15, 0.2) is 48.7 Å². The zero-order valence-electron chi connectivity index (χ0n) is 14.8. The topological polar surface area (TPSA) is 63.4 Å². The monoisotopic (exact) mass is 352 g/mol. The van der Waals surface area contributed by atoms with Crippen LogP contribution in [0.2, 0.25) is 0 Å². The highest BCUT2D eigenvalue weighted by Crippen LogP contribution is 2.25. The van der Waals surface area contributed by atoms with Gasteiger partial charge >= 0.3 is 0 Å². The first-order valence-corrected chi connectivity index (χ1v) is 9.18. The number of aliphatic hydroxyl groups is 1. The van der Waals surface area contributed by atoms with Crippen molar-refractivity contribution in [3.05, 3.63) is 54.4 Å². The largest absolute Gasteiger partial charge is 0.491 e. The third-order valence-corrected chi connectivity index (χ3v) is 4.99. The second kappa shape index (κ2) is 7.85. The molecule has 0 radical (unpaired) electrons. The van der Waals surface area contributed by atoms with Gasteiger partial charge in [0.25, 0.3) is 0 Å². The second-order valence-corrected chi connectivity index (χ2v) is 6.75. The van der Waals surface area contributed by atoms with Crippen molar-refractivity contribution in [1.82, 2.24) is 19.9 Å². The Morgan fingerprint density at radius 3 is 2.96 bits per heavy atom. The van der Waals surface area contributed by atoms with Gasteiger partial charge in [-0.15, -0.1) is 5.10 Å². The molecule has 2 aromatic carbocycles. The van der Waals surface area contributed by atoms with E-state index >= 15 is 0 Å². The van der Waals surface area contributed by atoms with E-state index in [1.165, 1.54) is 5.39 Å². The summed E-state index contributed by atoms with van der Waals surface area (Å²) in [6.45, 7) is 3.17. The molecule has 1 atom stereocenters. The van der Waals surface area contributed by atoms with Crippen LogP contribution >= 0.6 is 0 Å². The maximum Gasteiger partial charge on any atom is 0.127 e. The molecule has 0 amide bonds. The molecule has 0 saturated carbocycles. The molecule has 1 aliphatic rings. The molecule has 0 bridgehead atoms. The molecular formula is C20H24N4O2. The van der Waals surface area contributed by atoms with Crippen molar-refractivity contribution in [2.75, 3.05) is 19.8 Å². The summed E-state index contributed by atoms with van der Waals surface area (Å²) < 4.78 is 7.79. The standard InChI is InChI=1S/C20H24N4O2/c25-15-18-7-4-10-23(18)13-17-14-24(22-21-17)11-12-26-20-9-3-6-16-5-1-2-8-19(16)20/h1-3,5-6,8-9,14,18,25H,4,7,10-13,15H2. The zero-order chi connectivity index (χ0) is 17.8. The van der Waals surface area contributed by atoms with Crippen LogP contribution in [-0.2, 0) is 13.1 Å². The maximum absolute atomic E-state index is 9.42. The van der Waals surface area contributed by atoms with Gasteiger partial charge in [-0.2, -0.15) is 0 Å². The van der Waals surface area contributed by atoms with E-state index < -0.39 is 0 Å². The minimum absolute atomic E-state index is 0.215. The third kappa shape index (κ3) is 3.71. The van der Waals surface area contributed by atoms with Crippen LogP contribution in [0.25, 0.3) is 10.8 Å². The first kappa shape index (κ1) is 17.0. The lowest BCUT2D eigenvalue weighted by Crippen LogP contribution is -2.31. The van der Waals surface area contributed by atoms with Crippen LogP contribution in [0.5, 0.6) is 5.75 Å². The predicted octanol–water partition coefficient (Wildman–Crippen LogP) is 2.47. The fourth-order valence-electron chi connectivity index (χ4n) is 3.61. The number of hydrogen-bond donors (Lipinski definition) is 1. The van der Waals surface area contributed by atoms with Crippen molar-refractivity contribution >= 4 is 10.8 Å². The molecule has 136 valence electrons. The Kier molecular flexibility index (Phi) is 5.13. The molecule has 1 fully saturated rings. The second-order valence-electron chi connectivity index (χ2n) is 6.75. The Hall–Kier alpha value is -2.44. The molecule has 1 N–H and O–H groups in total. The van der Waals surface area contributed by atoms with Crippen molar-refractivity contribution in [3.8, 4) is 5.75 Å². The van der Waals surface area contributed by atoms with Crippen LogP contribution in [0.1, 0.15) is 18.5 Å². The Labute approximate surface area is 153 Å². The highest BCUT2D eigenvalue weighted by molar-refractivity contribution is 5.88. The average molecular weight is 352 g/mol. The van der Waals surface area contributed by atoms with Gasteiger partial charge in [0.15, 0.2) is 0 Å². The Morgan fingerprint density at radius 1 is 1.15 bits per heavy atom. The summed E-state index contributed by atoms with van der Waals surface area (Å²) in [4.78, 5) is 2.28. The molecule has 4 rings (SSSR count). The molecule has 6 heteroatoms. The van der Waals surface area contributed by atoms with E-state index in [0.29, 0.717) is 13.2 Å². The van der Waals surface area contributed by atoms with Crippen molar-refractivity contribution in [1.29, 1.82) is 0 Å². The predicted molar refractivity (Wildman–Crippen MR) is 100.0 cm³/mol. The summed E-state index contributed by atoms with van der Waals surface area (Å²) in [5.74, 6) is 0.895. The van der Waals surface area contributed by atoms with Gasteiger partial charge < -0.3 is 9.84 Å². The van der Waals surface area contributed by atoms with E-state index in [1.807, 2.05) is 35.1 Å². The number of nitrogens with zero attached hydrogens (tertiary/aromatic N) is 4. The van der Waals surface area contributed by atoms with Gasteiger partial charge in [0.05, 0.1) is 18.8 Å². The van der Waals surface area contributed by atoms with Gasteiger partial charge in [-0.05, 0) is 30.8 Å². The number of hydrogen-bond acceptors (Lipinski definition) is 5. The Morgan fingerprint density at radius 2 is 2.04 bits per heavy atom. The molecule has 0 aliphatic carbocycles. The molecule has 26 heavy (non-hydrogen) atoms. The van der Waals surface area contributed by atoms with E-state index in [-0.39, 0.29) is 12.6 Å². The normalized spacial score (nSPS) is 17.8.